The number of urea groups is 1. The molecule has 184 valence electrons. The summed E-state index contributed by atoms with van der Waals surface area (Å²) >= 11 is 0. The van der Waals surface area contributed by atoms with Gasteiger partial charge in [0, 0.05) is 5.69 Å². The third-order valence-corrected chi connectivity index (χ3v) is 7.23. The molecule has 36 heavy (non-hydrogen) atoms. The molecule has 11 heteroatoms. The number of amides is 2. The van der Waals surface area contributed by atoms with Crippen molar-refractivity contribution in [1.29, 1.82) is 0 Å². The van der Waals surface area contributed by atoms with E-state index >= 15 is 0 Å². The molecule has 0 saturated carbocycles. The maximum atomic E-state index is 12.5. The lowest BCUT2D eigenvalue weighted by Crippen LogP contribution is -2.20. The van der Waals surface area contributed by atoms with Gasteiger partial charge in [-0.05, 0) is 60.7 Å². The summed E-state index contributed by atoms with van der Waals surface area (Å²) in [5, 5.41) is 5.11. The molecule has 0 fully saturated rings. The largest absolute Gasteiger partial charge is 0.379 e. The third-order valence-electron chi connectivity index (χ3n) is 4.72. The average Bonchev–Trinajstić information content (AvgIpc) is 2.87. The summed E-state index contributed by atoms with van der Waals surface area (Å²) in [5.41, 5.74) is 0.468. The minimum Gasteiger partial charge on any atom is -0.379 e. The molecule has 0 bridgehead atoms. The molecule has 0 atom stereocenters. The van der Waals surface area contributed by atoms with Crippen LogP contribution in [0.15, 0.2) is 119 Å². The molecular weight excluding hydrogens is 504 g/mol. The summed E-state index contributed by atoms with van der Waals surface area (Å²) in [6.07, 6.45) is 0. The second-order valence-corrected chi connectivity index (χ2v) is 10.4. The Morgan fingerprint density at radius 1 is 0.556 bits per heavy atom. The second-order valence-electron chi connectivity index (χ2n) is 7.30. The summed E-state index contributed by atoms with van der Waals surface area (Å²) < 4.78 is 60.1. The minimum absolute atomic E-state index is 0.0155. The molecule has 9 nitrogen and oxygen atoms in total. The molecule has 0 aromatic heterocycles. The highest BCUT2D eigenvalue weighted by molar-refractivity contribution is 7.87. The van der Waals surface area contributed by atoms with E-state index in [4.69, 9.17) is 8.37 Å². The van der Waals surface area contributed by atoms with Crippen molar-refractivity contribution in [2.24, 2.45) is 0 Å². The maximum Gasteiger partial charge on any atom is 0.339 e. The van der Waals surface area contributed by atoms with Gasteiger partial charge >= 0.3 is 26.3 Å². The second kappa shape index (κ2) is 10.5. The van der Waals surface area contributed by atoms with Crippen LogP contribution in [-0.2, 0) is 20.2 Å². The van der Waals surface area contributed by atoms with Crippen molar-refractivity contribution in [3.63, 3.8) is 0 Å². The molecule has 0 unspecified atom stereocenters. The molecule has 0 aliphatic heterocycles. The zero-order valence-corrected chi connectivity index (χ0v) is 20.2. The van der Waals surface area contributed by atoms with Crippen LogP contribution in [0.3, 0.4) is 0 Å². The van der Waals surface area contributed by atoms with E-state index in [-0.39, 0.29) is 27.0 Å². The monoisotopic (exact) mass is 524 g/mol. The van der Waals surface area contributed by atoms with Crippen molar-refractivity contribution in [1.82, 2.24) is 0 Å². The molecular formula is C25H20N2O7S2. The van der Waals surface area contributed by atoms with Crippen LogP contribution in [0.1, 0.15) is 0 Å². The first kappa shape index (κ1) is 24.8. The van der Waals surface area contributed by atoms with Gasteiger partial charge in [-0.2, -0.15) is 16.8 Å². The first-order valence-electron chi connectivity index (χ1n) is 10.5. The number of para-hydroxylation sites is 2. The molecule has 4 rings (SSSR count). The van der Waals surface area contributed by atoms with E-state index in [0.717, 1.165) is 0 Å². The fraction of sp³-hybridized carbons (Fsp3) is 0. The Labute approximate surface area is 208 Å². The molecule has 4 aromatic rings. The zero-order chi connectivity index (χ0) is 25.6. The molecule has 0 heterocycles. The Bertz CT molecular complexity index is 1560. The number of nitrogens with one attached hydrogen (secondary N) is 2. The summed E-state index contributed by atoms with van der Waals surface area (Å²) in [6.45, 7) is 0. The van der Waals surface area contributed by atoms with Gasteiger partial charge < -0.3 is 19.0 Å². The number of hydrogen-bond acceptors (Lipinski definition) is 7. The molecule has 0 aliphatic carbocycles. The lowest BCUT2D eigenvalue weighted by Gasteiger charge is -2.13. The Morgan fingerprint density at radius 3 is 1.64 bits per heavy atom. The van der Waals surface area contributed by atoms with E-state index in [2.05, 4.69) is 10.6 Å². The zero-order valence-electron chi connectivity index (χ0n) is 18.6. The topological polar surface area (TPSA) is 128 Å². The quantitative estimate of drug-likeness (QED) is 0.315. The number of carbonyl (C=O) groups is 1. The molecule has 0 saturated heterocycles. The smallest absolute Gasteiger partial charge is 0.339 e. The van der Waals surface area contributed by atoms with Crippen molar-refractivity contribution >= 4 is 37.6 Å². The molecule has 0 aliphatic rings. The number of carbonyl (C=O) groups excluding carboxylic acids is 1. The van der Waals surface area contributed by atoms with Crippen molar-refractivity contribution in [3.05, 3.63) is 109 Å². The first-order chi connectivity index (χ1) is 17.2. The van der Waals surface area contributed by atoms with E-state index in [1.165, 1.54) is 60.7 Å². The Hall–Kier alpha value is -4.35. The Kier molecular flexibility index (Phi) is 7.23. The maximum absolute atomic E-state index is 12.5. The lowest BCUT2D eigenvalue weighted by molar-refractivity contribution is 0.262. The van der Waals surface area contributed by atoms with Crippen molar-refractivity contribution in [2.45, 2.75) is 9.79 Å². The predicted octanol–water partition coefficient (Wildman–Crippen LogP) is 4.87. The van der Waals surface area contributed by atoms with Gasteiger partial charge in [0.1, 0.15) is 15.5 Å². The van der Waals surface area contributed by atoms with Gasteiger partial charge in [0.15, 0.2) is 5.75 Å². The van der Waals surface area contributed by atoms with Gasteiger partial charge in [0.2, 0.25) is 0 Å². The molecule has 2 N–H and O–H groups in total. The molecule has 2 amide bonds. The highest BCUT2D eigenvalue weighted by atomic mass is 32.2. The van der Waals surface area contributed by atoms with Gasteiger partial charge in [-0.25, -0.2) is 4.79 Å². The van der Waals surface area contributed by atoms with Gasteiger partial charge in [0.05, 0.1) is 5.69 Å². The number of hydrogen-bond donors (Lipinski definition) is 2. The van der Waals surface area contributed by atoms with Gasteiger partial charge in [-0.3, -0.25) is 0 Å². The summed E-state index contributed by atoms with van der Waals surface area (Å²) in [7, 11) is -8.10. The molecule has 4 aromatic carbocycles. The summed E-state index contributed by atoms with van der Waals surface area (Å²) in [5.74, 6) is 0.000968. The molecule has 0 spiro atoms. The summed E-state index contributed by atoms with van der Waals surface area (Å²) in [6, 6.07) is 26.4. The Balaban J connectivity index is 1.41. The Morgan fingerprint density at radius 2 is 1.06 bits per heavy atom. The number of benzene rings is 4. The number of rotatable bonds is 8. The van der Waals surface area contributed by atoms with Crippen molar-refractivity contribution < 1.29 is 30.0 Å². The van der Waals surface area contributed by atoms with Crippen LogP contribution < -0.4 is 19.0 Å². The fourth-order valence-corrected chi connectivity index (χ4v) is 4.96. The molecule has 0 radical (unpaired) electrons. The van der Waals surface area contributed by atoms with Crippen LogP contribution in [0, 0.1) is 0 Å². The van der Waals surface area contributed by atoms with E-state index < -0.39 is 26.3 Å². The minimum atomic E-state index is -4.11. The highest BCUT2D eigenvalue weighted by Crippen LogP contribution is 2.28. The highest BCUT2D eigenvalue weighted by Gasteiger charge is 2.19. The predicted molar refractivity (Wildman–Crippen MR) is 134 cm³/mol. The van der Waals surface area contributed by atoms with Crippen LogP contribution >= 0.6 is 0 Å². The SMILES string of the molecule is O=C(Nc1ccc(OS(=O)(=O)c2ccccc2)cc1)Nc1ccccc1OS(=O)(=O)c1ccccc1. The van der Waals surface area contributed by atoms with E-state index in [1.54, 1.807) is 48.5 Å². The fourth-order valence-electron chi connectivity index (χ4n) is 3.04. The van der Waals surface area contributed by atoms with Crippen LogP contribution in [-0.4, -0.2) is 22.9 Å². The third kappa shape index (κ3) is 6.20. The van der Waals surface area contributed by atoms with Crippen LogP contribution in [0.5, 0.6) is 11.5 Å². The average molecular weight is 525 g/mol. The van der Waals surface area contributed by atoms with Crippen LogP contribution in [0.2, 0.25) is 0 Å². The summed E-state index contributed by atoms with van der Waals surface area (Å²) in [4.78, 5) is 12.5. The standard InChI is InChI=1S/C25H20N2O7S2/c28-25(26-19-15-17-20(18-16-19)33-35(29,30)21-9-3-1-4-10-21)27-23-13-7-8-14-24(23)34-36(31,32)22-11-5-2-6-12-22/h1-18H,(H2,26,27,28). The van der Waals surface area contributed by atoms with E-state index in [1.807, 2.05) is 0 Å². The van der Waals surface area contributed by atoms with Gasteiger partial charge in [-0.1, -0.05) is 48.5 Å². The van der Waals surface area contributed by atoms with Crippen LogP contribution in [0.25, 0.3) is 0 Å². The first-order valence-corrected chi connectivity index (χ1v) is 13.3. The van der Waals surface area contributed by atoms with Crippen LogP contribution in [0.4, 0.5) is 16.2 Å². The van der Waals surface area contributed by atoms with Crippen molar-refractivity contribution in [2.75, 3.05) is 10.6 Å². The van der Waals surface area contributed by atoms with Gasteiger partial charge in [-0.15, -0.1) is 0 Å². The van der Waals surface area contributed by atoms with Crippen molar-refractivity contribution in [3.8, 4) is 11.5 Å². The van der Waals surface area contributed by atoms with E-state index in [9.17, 15) is 21.6 Å². The normalized spacial score (nSPS) is 11.3. The lowest BCUT2D eigenvalue weighted by atomic mass is 10.3. The van der Waals surface area contributed by atoms with Gasteiger partial charge in [0.25, 0.3) is 0 Å². The number of anilines is 2. The van der Waals surface area contributed by atoms with E-state index in [0.29, 0.717) is 5.69 Å².